The number of carbonyl (C=O) groups excluding carboxylic acids is 2. The van der Waals surface area contributed by atoms with Gasteiger partial charge in [-0.1, -0.05) is 32.3 Å². The van der Waals surface area contributed by atoms with Crippen molar-refractivity contribution >= 4 is 33.2 Å². The van der Waals surface area contributed by atoms with Crippen LogP contribution in [0.5, 0.6) is 0 Å². The first-order valence-corrected chi connectivity index (χ1v) is 11.6. The topological polar surface area (TPSA) is 58.6 Å². The molecule has 0 saturated carbocycles. The molecule has 1 aromatic carbocycles. The van der Waals surface area contributed by atoms with Crippen LogP contribution in [0.2, 0.25) is 0 Å². The molecule has 2 amide bonds. The van der Waals surface area contributed by atoms with E-state index in [1.54, 1.807) is 18.1 Å². The predicted octanol–water partition coefficient (Wildman–Crippen LogP) is 4.74. The number of piperidine rings is 1. The molecule has 1 unspecified atom stereocenters. The number of benzene rings is 1. The molecule has 2 heterocycles. The van der Waals surface area contributed by atoms with Crippen molar-refractivity contribution in [2.24, 2.45) is 5.92 Å². The van der Waals surface area contributed by atoms with E-state index in [-0.39, 0.29) is 30.2 Å². The number of nitrogens with one attached hydrogen (secondary N) is 1. The first-order valence-electron chi connectivity index (χ1n) is 10.8. The predicted molar refractivity (Wildman–Crippen MR) is 118 cm³/mol. The summed E-state index contributed by atoms with van der Waals surface area (Å²) in [6.45, 7) is 4.05. The molecular formula is C23H31FN2O3S. The molecular weight excluding hydrogens is 403 g/mol. The molecule has 1 aliphatic heterocycles. The van der Waals surface area contributed by atoms with Gasteiger partial charge in [-0.15, -0.1) is 11.3 Å². The summed E-state index contributed by atoms with van der Waals surface area (Å²) in [5, 5.41) is 3.49. The van der Waals surface area contributed by atoms with Crippen LogP contribution in [0.4, 0.5) is 4.39 Å². The smallest absolute Gasteiger partial charge is 0.264 e. The van der Waals surface area contributed by atoms with E-state index in [1.165, 1.54) is 30.2 Å². The summed E-state index contributed by atoms with van der Waals surface area (Å²) in [5.41, 5.74) is 0.600. The molecule has 1 aromatic heterocycles. The zero-order valence-corrected chi connectivity index (χ0v) is 18.7. The number of ether oxygens (including phenoxy) is 1. The number of amides is 2. The van der Waals surface area contributed by atoms with Gasteiger partial charge in [-0.25, -0.2) is 4.39 Å². The monoisotopic (exact) mass is 434 g/mol. The van der Waals surface area contributed by atoms with Crippen LogP contribution in [0, 0.1) is 11.7 Å². The van der Waals surface area contributed by atoms with E-state index in [0.717, 1.165) is 30.4 Å². The highest BCUT2D eigenvalue weighted by Crippen LogP contribution is 2.35. The Morgan fingerprint density at radius 3 is 2.90 bits per heavy atom. The molecule has 1 N–H and O–H groups in total. The lowest BCUT2D eigenvalue weighted by Gasteiger charge is -2.32. The normalized spacial score (nSPS) is 16.8. The Hall–Kier alpha value is -1.99. The lowest BCUT2D eigenvalue weighted by Crippen LogP contribution is -2.45. The van der Waals surface area contributed by atoms with Crippen LogP contribution in [0.3, 0.4) is 0 Å². The number of nitrogens with zero attached hydrogens (tertiary/aromatic N) is 1. The number of carbonyl (C=O) groups is 2. The van der Waals surface area contributed by atoms with Crippen molar-refractivity contribution in [1.29, 1.82) is 0 Å². The van der Waals surface area contributed by atoms with Crippen LogP contribution in [0.15, 0.2) is 18.2 Å². The van der Waals surface area contributed by atoms with E-state index in [9.17, 15) is 14.0 Å². The zero-order valence-electron chi connectivity index (χ0n) is 17.8. The molecule has 1 saturated heterocycles. The Bertz CT molecular complexity index is 883. The van der Waals surface area contributed by atoms with Crippen molar-refractivity contribution in [3.05, 3.63) is 34.5 Å². The maximum absolute atomic E-state index is 14.4. The minimum atomic E-state index is -0.339. The molecule has 1 atom stereocenters. The van der Waals surface area contributed by atoms with Gasteiger partial charge in [0.1, 0.15) is 5.82 Å². The molecule has 0 spiro atoms. The van der Waals surface area contributed by atoms with Crippen LogP contribution in [0.1, 0.15) is 60.7 Å². The second kappa shape index (κ2) is 10.9. The zero-order chi connectivity index (χ0) is 21.5. The van der Waals surface area contributed by atoms with Gasteiger partial charge in [0.05, 0.1) is 17.4 Å². The Morgan fingerprint density at radius 2 is 2.13 bits per heavy atom. The SMILES string of the molecule is CCCCCCNC(=O)C1CCCN(C(=O)c2sc3cccc(F)c3c2COC)C1. The molecule has 0 aliphatic carbocycles. The Morgan fingerprint density at radius 1 is 1.30 bits per heavy atom. The molecule has 7 heteroatoms. The van der Waals surface area contributed by atoms with Gasteiger partial charge in [-0.3, -0.25) is 9.59 Å². The molecule has 2 aromatic rings. The molecule has 0 radical (unpaired) electrons. The van der Waals surface area contributed by atoms with E-state index in [4.69, 9.17) is 4.74 Å². The highest BCUT2D eigenvalue weighted by Gasteiger charge is 2.31. The highest BCUT2D eigenvalue weighted by molar-refractivity contribution is 7.21. The van der Waals surface area contributed by atoms with Crippen molar-refractivity contribution in [2.45, 2.75) is 52.1 Å². The van der Waals surface area contributed by atoms with Crippen LogP contribution >= 0.6 is 11.3 Å². The Labute approximate surface area is 181 Å². The maximum Gasteiger partial charge on any atom is 0.264 e. The molecule has 30 heavy (non-hydrogen) atoms. The highest BCUT2D eigenvalue weighted by atomic mass is 32.1. The third-order valence-corrected chi connectivity index (χ3v) is 6.84. The first-order chi connectivity index (χ1) is 14.6. The minimum absolute atomic E-state index is 0.0310. The molecule has 3 rings (SSSR count). The van der Waals surface area contributed by atoms with Crippen molar-refractivity contribution in [2.75, 3.05) is 26.7 Å². The van der Waals surface area contributed by atoms with Gasteiger partial charge in [-0.2, -0.15) is 0 Å². The van der Waals surface area contributed by atoms with Gasteiger partial charge in [-0.05, 0) is 31.4 Å². The van der Waals surface area contributed by atoms with E-state index < -0.39 is 0 Å². The van der Waals surface area contributed by atoms with E-state index >= 15 is 0 Å². The standard InChI is InChI=1S/C23H31FN2O3S/c1-3-4-5-6-12-25-22(27)16-9-8-13-26(14-16)23(28)21-17(15-29-2)20-18(24)10-7-11-19(20)30-21/h7,10-11,16H,3-6,8-9,12-15H2,1-2H3,(H,25,27). The third-order valence-electron chi connectivity index (χ3n) is 5.66. The number of rotatable bonds is 9. The minimum Gasteiger partial charge on any atom is -0.380 e. The van der Waals surface area contributed by atoms with Crippen LogP contribution in [-0.2, 0) is 16.1 Å². The van der Waals surface area contributed by atoms with Crippen molar-refractivity contribution in [3.8, 4) is 0 Å². The second-order valence-electron chi connectivity index (χ2n) is 7.90. The van der Waals surface area contributed by atoms with E-state index in [1.807, 2.05) is 6.07 Å². The average Bonchev–Trinajstić information content (AvgIpc) is 3.13. The molecule has 1 fully saturated rings. The number of halogens is 1. The number of methoxy groups -OCH3 is 1. The lowest BCUT2D eigenvalue weighted by atomic mass is 9.96. The largest absolute Gasteiger partial charge is 0.380 e. The molecule has 0 bridgehead atoms. The first kappa shape index (κ1) is 22.7. The number of fused-ring (bicyclic) bond motifs is 1. The summed E-state index contributed by atoms with van der Waals surface area (Å²) < 4.78 is 20.4. The summed E-state index contributed by atoms with van der Waals surface area (Å²) in [6.07, 6.45) is 6.04. The fraction of sp³-hybridized carbons (Fsp3) is 0.565. The summed E-state index contributed by atoms with van der Waals surface area (Å²) >= 11 is 1.30. The van der Waals surface area contributed by atoms with Gasteiger partial charge in [0.15, 0.2) is 0 Å². The second-order valence-corrected chi connectivity index (χ2v) is 8.95. The van der Waals surface area contributed by atoms with Gasteiger partial charge < -0.3 is 15.0 Å². The summed E-state index contributed by atoms with van der Waals surface area (Å²) in [7, 11) is 1.54. The fourth-order valence-electron chi connectivity index (χ4n) is 4.05. The number of thiophene rings is 1. The van der Waals surface area contributed by atoms with Crippen molar-refractivity contribution < 1.29 is 18.7 Å². The Balaban J connectivity index is 1.70. The lowest BCUT2D eigenvalue weighted by molar-refractivity contribution is -0.126. The van der Waals surface area contributed by atoms with Gasteiger partial charge in [0.25, 0.3) is 5.91 Å². The fourth-order valence-corrected chi connectivity index (χ4v) is 5.24. The molecule has 5 nitrogen and oxygen atoms in total. The van der Waals surface area contributed by atoms with Crippen LogP contribution in [0.25, 0.3) is 10.1 Å². The molecule has 164 valence electrons. The third kappa shape index (κ3) is 5.19. The van der Waals surface area contributed by atoms with E-state index in [0.29, 0.717) is 35.5 Å². The quantitative estimate of drug-likeness (QED) is 0.580. The van der Waals surface area contributed by atoms with Gasteiger partial charge in [0, 0.05) is 42.4 Å². The molecule has 1 aliphatic rings. The number of hydrogen-bond acceptors (Lipinski definition) is 4. The van der Waals surface area contributed by atoms with Crippen molar-refractivity contribution in [1.82, 2.24) is 10.2 Å². The number of likely N-dealkylation sites (tertiary alicyclic amines) is 1. The summed E-state index contributed by atoms with van der Waals surface area (Å²) in [5.74, 6) is -0.633. The average molecular weight is 435 g/mol. The maximum atomic E-state index is 14.4. The summed E-state index contributed by atoms with van der Waals surface area (Å²) in [6, 6.07) is 4.88. The van der Waals surface area contributed by atoms with Crippen LogP contribution in [-0.4, -0.2) is 43.5 Å². The number of hydrogen-bond donors (Lipinski definition) is 1. The summed E-state index contributed by atoms with van der Waals surface area (Å²) in [4.78, 5) is 28.1. The number of unbranched alkanes of at least 4 members (excludes halogenated alkanes) is 3. The van der Waals surface area contributed by atoms with E-state index in [2.05, 4.69) is 12.2 Å². The van der Waals surface area contributed by atoms with Gasteiger partial charge >= 0.3 is 0 Å². The van der Waals surface area contributed by atoms with Crippen LogP contribution < -0.4 is 5.32 Å². The van der Waals surface area contributed by atoms with Crippen molar-refractivity contribution in [3.63, 3.8) is 0 Å². The Kier molecular flexibility index (Phi) is 8.22. The van der Waals surface area contributed by atoms with Gasteiger partial charge in [0.2, 0.25) is 5.91 Å².